The summed E-state index contributed by atoms with van der Waals surface area (Å²) in [6.07, 6.45) is 9.69. The summed E-state index contributed by atoms with van der Waals surface area (Å²) < 4.78 is 0. The first kappa shape index (κ1) is 19.7. The fraction of sp³-hybridized carbons (Fsp3) is 0.955. The van der Waals surface area contributed by atoms with Gasteiger partial charge in [0.1, 0.15) is 5.60 Å². The third kappa shape index (κ3) is 2.57. The Morgan fingerprint density at radius 3 is 2.37 bits per heavy atom. The number of nitrogens with zero attached hydrogens (tertiary/aromatic N) is 2. The number of aliphatic hydroxyl groups excluding tert-OH is 1. The minimum Gasteiger partial charge on any atom is -0.393 e. The first-order valence-electron chi connectivity index (χ1n) is 10.9. The number of fused-ring (bicyclic) bond motifs is 5. The molecule has 5 heteroatoms. The van der Waals surface area contributed by atoms with Crippen molar-refractivity contribution in [1.29, 1.82) is 0 Å². The largest absolute Gasteiger partial charge is 0.393 e. The molecular formula is C22H38N2O3. The van der Waals surface area contributed by atoms with Crippen molar-refractivity contribution >= 4 is 6.21 Å². The van der Waals surface area contributed by atoms with Crippen molar-refractivity contribution in [3.05, 3.63) is 0 Å². The number of hydrogen-bond donors (Lipinski definition) is 3. The maximum atomic E-state index is 12.0. The van der Waals surface area contributed by atoms with Crippen LogP contribution in [0.3, 0.4) is 0 Å². The first-order chi connectivity index (χ1) is 12.6. The zero-order chi connectivity index (χ0) is 19.7. The molecule has 4 aliphatic carbocycles. The molecule has 4 fully saturated rings. The summed E-state index contributed by atoms with van der Waals surface area (Å²) in [6.45, 7) is 4.51. The lowest BCUT2D eigenvalue weighted by molar-refractivity contribution is -0.223. The van der Waals surface area contributed by atoms with Crippen molar-refractivity contribution < 1.29 is 15.3 Å². The van der Waals surface area contributed by atoms with Crippen molar-refractivity contribution in [2.45, 2.75) is 88.9 Å². The summed E-state index contributed by atoms with van der Waals surface area (Å²) in [5.74, 6) is 1.32. The Morgan fingerprint density at radius 1 is 0.926 bits per heavy atom. The highest BCUT2D eigenvalue weighted by molar-refractivity contribution is 5.71. The summed E-state index contributed by atoms with van der Waals surface area (Å²) >= 11 is 0. The molecule has 4 aliphatic rings. The zero-order valence-corrected chi connectivity index (χ0v) is 17.5. The number of aliphatic hydroxyl groups is 3. The van der Waals surface area contributed by atoms with Crippen LogP contribution in [0.2, 0.25) is 0 Å². The third-order valence-electron chi connectivity index (χ3n) is 9.53. The lowest BCUT2D eigenvalue weighted by Crippen LogP contribution is -2.65. The average Bonchev–Trinajstić information content (AvgIpc) is 2.82. The van der Waals surface area contributed by atoms with Gasteiger partial charge in [0, 0.05) is 19.5 Å². The highest BCUT2D eigenvalue weighted by Crippen LogP contribution is 2.69. The molecule has 4 rings (SSSR count). The van der Waals surface area contributed by atoms with Gasteiger partial charge in [0.25, 0.3) is 0 Å². The van der Waals surface area contributed by atoms with Crippen LogP contribution in [0.4, 0.5) is 0 Å². The second-order valence-electron chi connectivity index (χ2n) is 10.7. The Balaban J connectivity index is 1.66. The highest BCUT2D eigenvalue weighted by atomic mass is 16.3. The molecule has 8 atom stereocenters. The second kappa shape index (κ2) is 6.17. The molecule has 4 saturated carbocycles. The monoisotopic (exact) mass is 378 g/mol. The minimum atomic E-state index is -1.04. The summed E-state index contributed by atoms with van der Waals surface area (Å²) in [7, 11) is 3.72. The molecule has 0 spiro atoms. The van der Waals surface area contributed by atoms with Crippen LogP contribution in [0, 0.1) is 28.6 Å². The molecule has 27 heavy (non-hydrogen) atoms. The van der Waals surface area contributed by atoms with Crippen LogP contribution in [0.25, 0.3) is 0 Å². The van der Waals surface area contributed by atoms with Crippen molar-refractivity contribution in [3.8, 4) is 0 Å². The molecule has 0 aromatic rings. The molecule has 0 aromatic carbocycles. The molecule has 0 unspecified atom stereocenters. The molecule has 0 amide bonds. The van der Waals surface area contributed by atoms with Gasteiger partial charge in [-0.1, -0.05) is 13.8 Å². The molecule has 154 valence electrons. The van der Waals surface area contributed by atoms with E-state index in [9.17, 15) is 15.3 Å². The van der Waals surface area contributed by atoms with E-state index >= 15 is 0 Å². The van der Waals surface area contributed by atoms with Gasteiger partial charge >= 0.3 is 0 Å². The average molecular weight is 379 g/mol. The molecule has 3 N–H and O–H groups in total. The molecule has 0 heterocycles. The fourth-order valence-electron chi connectivity index (χ4n) is 7.67. The van der Waals surface area contributed by atoms with E-state index in [-0.39, 0.29) is 17.4 Å². The second-order valence-corrected chi connectivity index (χ2v) is 10.7. The molecule has 0 aromatic heterocycles. The van der Waals surface area contributed by atoms with Gasteiger partial charge in [-0.05, 0) is 81.0 Å². The maximum absolute atomic E-state index is 12.0. The topological polar surface area (TPSA) is 76.3 Å². The van der Waals surface area contributed by atoms with Crippen LogP contribution in [-0.4, -0.2) is 57.9 Å². The molecule has 0 saturated heterocycles. The normalized spacial score (nSPS) is 55.1. The molecule has 5 nitrogen and oxygen atoms in total. The quantitative estimate of drug-likeness (QED) is 0.510. The van der Waals surface area contributed by atoms with Crippen LogP contribution in [0.1, 0.15) is 71.6 Å². The fourth-order valence-corrected chi connectivity index (χ4v) is 7.67. The van der Waals surface area contributed by atoms with Crippen LogP contribution in [0.5, 0.6) is 0 Å². The van der Waals surface area contributed by atoms with Crippen LogP contribution < -0.4 is 0 Å². The van der Waals surface area contributed by atoms with E-state index in [0.717, 1.165) is 44.9 Å². The van der Waals surface area contributed by atoms with Crippen molar-refractivity contribution in [2.75, 3.05) is 14.1 Å². The lowest BCUT2D eigenvalue weighted by atomic mass is 9.43. The number of hydrazone groups is 1. The third-order valence-corrected chi connectivity index (χ3v) is 9.53. The Kier molecular flexibility index (Phi) is 4.49. The predicted molar refractivity (Wildman–Crippen MR) is 106 cm³/mol. The minimum absolute atomic E-state index is 0.143. The van der Waals surface area contributed by atoms with Gasteiger partial charge in [-0.15, -0.1) is 0 Å². The van der Waals surface area contributed by atoms with E-state index in [1.165, 1.54) is 0 Å². The zero-order valence-electron chi connectivity index (χ0n) is 17.5. The van der Waals surface area contributed by atoms with Crippen LogP contribution in [0.15, 0.2) is 5.10 Å². The maximum Gasteiger partial charge on any atom is 0.110 e. The van der Waals surface area contributed by atoms with E-state index in [1.54, 1.807) is 11.2 Å². The van der Waals surface area contributed by atoms with E-state index in [0.29, 0.717) is 24.7 Å². The van der Waals surface area contributed by atoms with E-state index < -0.39 is 16.6 Å². The van der Waals surface area contributed by atoms with Gasteiger partial charge in [-0.2, -0.15) is 5.10 Å². The van der Waals surface area contributed by atoms with Gasteiger partial charge in [0.05, 0.1) is 17.9 Å². The van der Waals surface area contributed by atoms with E-state index in [4.69, 9.17) is 0 Å². The van der Waals surface area contributed by atoms with Gasteiger partial charge < -0.3 is 20.3 Å². The summed E-state index contributed by atoms with van der Waals surface area (Å²) in [5.41, 5.74) is -2.19. The molecule has 0 bridgehead atoms. The van der Waals surface area contributed by atoms with Crippen LogP contribution in [-0.2, 0) is 0 Å². The van der Waals surface area contributed by atoms with Crippen molar-refractivity contribution in [1.82, 2.24) is 5.01 Å². The number of rotatable bonds is 2. The van der Waals surface area contributed by atoms with Crippen molar-refractivity contribution in [2.24, 2.45) is 33.7 Å². The summed E-state index contributed by atoms with van der Waals surface area (Å²) in [5, 5.41) is 39.8. The van der Waals surface area contributed by atoms with E-state index in [1.807, 2.05) is 14.1 Å². The molecule has 0 aliphatic heterocycles. The number of hydrogen-bond acceptors (Lipinski definition) is 5. The molecule has 0 radical (unpaired) electrons. The van der Waals surface area contributed by atoms with Gasteiger partial charge in [-0.25, -0.2) is 0 Å². The Bertz CT molecular complexity index is 625. The van der Waals surface area contributed by atoms with E-state index in [2.05, 4.69) is 18.9 Å². The SMILES string of the molecule is CN(C)/N=C/[C@@]1(O)CC[C@]2(O)[C@@H]3CC[C@@H]4C[C@@H](O)CC[C@]4(C)[C@H]3CC[C@]12C. The summed E-state index contributed by atoms with van der Waals surface area (Å²) in [6, 6.07) is 0. The smallest absolute Gasteiger partial charge is 0.110 e. The first-order valence-corrected chi connectivity index (χ1v) is 10.9. The van der Waals surface area contributed by atoms with Gasteiger partial charge in [-0.3, -0.25) is 0 Å². The van der Waals surface area contributed by atoms with Gasteiger partial charge in [0.15, 0.2) is 0 Å². The lowest BCUT2D eigenvalue weighted by Gasteiger charge is -2.64. The van der Waals surface area contributed by atoms with Crippen LogP contribution >= 0.6 is 0 Å². The summed E-state index contributed by atoms with van der Waals surface area (Å²) in [4.78, 5) is 0. The molecular weight excluding hydrogens is 340 g/mol. The predicted octanol–water partition coefficient (Wildman–Crippen LogP) is 2.78. The van der Waals surface area contributed by atoms with Crippen molar-refractivity contribution in [3.63, 3.8) is 0 Å². The van der Waals surface area contributed by atoms with Gasteiger partial charge in [0.2, 0.25) is 0 Å². The highest BCUT2D eigenvalue weighted by Gasteiger charge is 2.71. The Labute approximate surface area is 163 Å². The Hall–Kier alpha value is -0.650. The Morgan fingerprint density at radius 2 is 1.67 bits per heavy atom. The standard InChI is InChI=1S/C22H38N2O3/c1-19-9-7-16(25)13-15(19)5-6-18-17(19)8-10-20(2)21(26,14-23-24(3)4)11-12-22(18,20)27/h14-18,25-27H,5-13H2,1-4H3/b23-14+/t15-,16+,17+,18-,19+,20-,21+,22+/m1/s1.